The molecule has 7 nitrogen and oxygen atoms in total. The lowest BCUT2D eigenvalue weighted by atomic mass is 9.97. The van der Waals surface area contributed by atoms with Gasteiger partial charge < -0.3 is 9.84 Å². The number of piperidine rings is 1. The number of hydrogen-bond acceptors (Lipinski definition) is 5. The van der Waals surface area contributed by atoms with Gasteiger partial charge in [-0.2, -0.15) is 4.31 Å². The maximum atomic E-state index is 13.5. The third kappa shape index (κ3) is 6.30. The third-order valence-corrected chi connectivity index (χ3v) is 8.60. The van der Waals surface area contributed by atoms with Crippen LogP contribution in [0.1, 0.15) is 47.4 Å². The highest BCUT2D eigenvalue weighted by Crippen LogP contribution is 2.29. The highest BCUT2D eigenvalue weighted by atomic mass is 32.2. The van der Waals surface area contributed by atoms with Gasteiger partial charge in [0.05, 0.1) is 0 Å². The SMILES string of the molecule is Cc1ccc(/C=C/c2onc(C)c2S(=O)(=O)N2CCC(C(=O)NCCCc3ccccc3)CC2)cc1. The number of carbonyl (C=O) groups is 1. The molecule has 2 heterocycles. The van der Waals surface area contributed by atoms with Crippen LogP contribution < -0.4 is 5.32 Å². The lowest BCUT2D eigenvalue weighted by molar-refractivity contribution is -0.126. The van der Waals surface area contributed by atoms with E-state index in [4.69, 9.17) is 4.52 Å². The number of nitrogens with zero attached hydrogens (tertiary/aromatic N) is 2. The Kier molecular flexibility index (Phi) is 8.38. The minimum atomic E-state index is -3.80. The number of hydrogen-bond donors (Lipinski definition) is 1. The zero-order valence-corrected chi connectivity index (χ0v) is 21.6. The van der Waals surface area contributed by atoms with E-state index in [-0.39, 0.29) is 35.6 Å². The van der Waals surface area contributed by atoms with Crippen molar-refractivity contribution in [1.82, 2.24) is 14.8 Å². The predicted molar refractivity (Wildman–Crippen MR) is 141 cm³/mol. The summed E-state index contributed by atoms with van der Waals surface area (Å²) in [6.07, 6.45) is 6.22. The number of aromatic nitrogens is 1. The Hall–Kier alpha value is -3.23. The summed E-state index contributed by atoms with van der Waals surface area (Å²) in [5.41, 5.74) is 3.67. The number of aryl methyl sites for hydroxylation is 3. The Balaban J connectivity index is 1.33. The second-order valence-corrected chi connectivity index (χ2v) is 11.1. The van der Waals surface area contributed by atoms with E-state index in [1.54, 1.807) is 13.0 Å². The van der Waals surface area contributed by atoms with Gasteiger partial charge in [0.2, 0.25) is 15.9 Å². The Morgan fingerprint density at radius 3 is 2.44 bits per heavy atom. The van der Waals surface area contributed by atoms with Crippen LogP contribution in [-0.2, 0) is 21.2 Å². The van der Waals surface area contributed by atoms with Crippen LogP contribution in [0.25, 0.3) is 12.2 Å². The molecule has 0 saturated carbocycles. The van der Waals surface area contributed by atoms with Gasteiger partial charge >= 0.3 is 0 Å². The van der Waals surface area contributed by atoms with Crippen LogP contribution in [0, 0.1) is 19.8 Å². The van der Waals surface area contributed by atoms with E-state index in [1.165, 1.54) is 9.87 Å². The Morgan fingerprint density at radius 1 is 1.06 bits per heavy atom. The summed E-state index contributed by atoms with van der Waals surface area (Å²) in [7, 11) is -3.80. The highest BCUT2D eigenvalue weighted by Gasteiger charge is 2.35. The predicted octanol–water partition coefficient (Wildman–Crippen LogP) is 4.61. The van der Waals surface area contributed by atoms with E-state index >= 15 is 0 Å². The minimum Gasteiger partial charge on any atom is -0.356 e. The molecule has 4 rings (SSSR count). The zero-order chi connectivity index (χ0) is 25.5. The number of rotatable bonds is 9. The van der Waals surface area contributed by atoms with Crippen LogP contribution in [0.15, 0.2) is 64.0 Å². The van der Waals surface area contributed by atoms with Gasteiger partial charge in [0.25, 0.3) is 0 Å². The van der Waals surface area contributed by atoms with Crippen LogP contribution in [0.5, 0.6) is 0 Å². The van der Waals surface area contributed by atoms with Gasteiger partial charge in [0.15, 0.2) is 10.7 Å². The summed E-state index contributed by atoms with van der Waals surface area (Å²) >= 11 is 0. The quantitative estimate of drug-likeness (QED) is 0.427. The monoisotopic (exact) mass is 507 g/mol. The number of nitrogens with one attached hydrogen (secondary N) is 1. The summed E-state index contributed by atoms with van der Waals surface area (Å²) in [5.74, 6) is 0.0343. The molecule has 1 aromatic heterocycles. The second-order valence-electron chi connectivity index (χ2n) is 9.26. The highest BCUT2D eigenvalue weighted by molar-refractivity contribution is 7.89. The van der Waals surface area contributed by atoms with Crippen molar-refractivity contribution in [2.24, 2.45) is 5.92 Å². The van der Waals surface area contributed by atoms with Gasteiger partial charge in [-0.3, -0.25) is 4.79 Å². The average molecular weight is 508 g/mol. The van der Waals surface area contributed by atoms with Crippen LogP contribution in [0.3, 0.4) is 0 Å². The fourth-order valence-corrected chi connectivity index (χ4v) is 6.15. The van der Waals surface area contributed by atoms with Crippen LogP contribution in [-0.4, -0.2) is 43.4 Å². The lowest BCUT2D eigenvalue weighted by Crippen LogP contribution is -2.43. The average Bonchev–Trinajstić information content (AvgIpc) is 3.28. The first-order chi connectivity index (χ1) is 17.3. The van der Waals surface area contributed by atoms with Crippen molar-refractivity contribution in [3.8, 4) is 0 Å². The summed E-state index contributed by atoms with van der Waals surface area (Å²) in [4.78, 5) is 12.7. The van der Waals surface area contributed by atoms with E-state index in [0.29, 0.717) is 25.1 Å². The molecule has 3 aromatic rings. The Morgan fingerprint density at radius 2 is 1.75 bits per heavy atom. The van der Waals surface area contributed by atoms with E-state index in [0.717, 1.165) is 24.0 Å². The van der Waals surface area contributed by atoms with Crippen LogP contribution >= 0.6 is 0 Å². The molecule has 0 unspecified atom stereocenters. The normalized spacial score (nSPS) is 15.4. The van der Waals surface area contributed by atoms with Gasteiger partial charge in [-0.15, -0.1) is 0 Å². The van der Waals surface area contributed by atoms with Crippen molar-refractivity contribution in [2.45, 2.75) is 44.4 Å². The first-order valence-corrected chi connectivity index (χ1v) is 13.8. The zero-order valence-electron chi connectivity index (χ0n) is 20.8. The molecule has 1 aliphatic rings. The van der Waals surface area contributed by atoms with Crippen LogP contribution in [0.4, 0.5) is 0 Å². The second kappa shape index (κ2) is 11.7. The van der Waals surface area contributed by atoms with Crippen molar-refractivity contribution in [3.05, 3.63) is 82.7 Å². The van der Waals surface area contributed by atoms with Gasteiger partial charge in [0, 0.05) is 25.6 Å². The van der Waals surface area contributed by atoms with Crippen molar-refractivity contribution >= 4 is 28.1 Å². The Bertz CT molecular complexity index is 1290. The molecule has 0 atom stereocenters. The molecule has 36 heavy (non-hydrogen) atoms. The summed E-state index contributed by atoms with van der Waals surface area (Å²) < 4.78 is 33.7. The number of sulfonamides is 1. The van der Waals surface area contributed by atoms with Crippen molar-refractivity contribution in [1.29, 1.82) is 0 Å². The molecule has 0 radical (unpaired) electrons. The molecule has 1 amide bonds. The molecule has 1 aliphatic heterocycles. The van der Waals surface area contributed by atoms with Gasteiger partial charge in [0.1, 0.15) is 5.69 Å². The van der Waals surface area contributed by atoms with Gasteiger partial charge in [-0.25, -0.2) is 8.42 Å². The summed E-state index contributed by atoms with van der Waals surface area (Å²) in [6, 6.07) is 18.1. The molecule has 0 aliphatic carbocycles. The standard InChI is InChI=1S/C28H33N3O4S/c1-21-10-12-24(13-11-21)14-15-26-27(22(2)30-35-26)36(33,34)31-19-16-25(17-20-31)28(32)29-18-6-9-23-7-4-3-5-8-23/h3-5,7-8,10-15,25H,6,9,16-20H2,1-2H3,(H,29,32)/b15-14+. The van der Waals surface area contributed by atoms with Crippen molar-refractivity contribution in [2.75, 3.05) is 19.6 Å². The topological polar surface area (TPSA) is 92.5 Å². The number of amides is 1. The summed E-state index contributed by atoms with van der Waals surface area (Å²) in [5, 5.41) is 6.93. The number of carbonyl (C=O) groups excluding carboxylic acids is 1. The molecule has 8 heteroatoms. The molecule has 2 aromatic carbocycles. The third-order valence-electron chi connectivity index (χ3n) is 6.54. The molecule has 1 N–H and O–H groups in total. The molecule has 1 saturated heterocycles. The molecule has 1 fully saturated rings. The van der Waals surface area contributed by atoms with Crippen molar-refractivity contribution < 1.29 is 17.7 Å². The van der Waals surface area contributed by atoms with Crippen LogP contribution in [0.2, 0.25) is 0 Å². The molecular weight excluding hydrogens is 474 g/mol. The van der Waals surface area contributed by atoms with Gasteiger partial charge in [-0.1, -0.05) is 71.4 Å². The summed E-state index contributed by atoms with van der Waals surface area (Å²) in [6.45, 7) is 4.83. The maximum Gasteiger partial charge on any atom is 0.248 e. The van der Waals surface area contributed by atoms with E-state index in [9.17, 15) is 13.2 Å². The maximum absolute atomic E-state index is 13.5. The molecule has 0 spiro atoms. The number of benzene rings is 2. The van der Waals surface area contributed by atoms with E-state index < -0.39 is 10.0 Å². The Labute approximate surface area is 213 Å². The van der Waals surface area contributed by atoms with Crippen molar-refractivity contribution in [3.63, 3.8) is 0 Å². The molecule has 0 bridgehead atoms. The largest absolute Gasteiger partial charge is 0.356 e. The first-order valence-electron chi connectivity index (χ1n) is 12.4. The minimum absolute atomic E-state index is 0.00277. The fraction of sp³-hybridized carbons (Fsp3) is 0.357. The fourth-order valence-electron chi connectivity index (χ4n) is 4.43. The molecule has 190 valence electrons. The first kappa shape index (κ1) is 25.9. The van der Waals surface area contributed by atoms with E-state index in [2.05, 4.69) is 22.6 Å². The van der Waals surface area contributed by atoms with E-state index in [1.807, 2.05) is 55.5 Å². The smallest absolute Gasteiger partial charge is 0.248 e. The molecular formula is C28H33N3O4S. The lowest BCUT2D eigenvalue weighted by Gasteiger charge is -2.30. The van der Waals surface area contributed by atoms with Gasteiger partial charge in [-0.05, 0) is 56.7 Å².